The molecule has 2 N–H and O–H groups in total. The van der Waals surface area contributed by atoms with Gasteiger partial charge >= 0.3 is 5.97 Å². The molecule has 0 aromatic heterocycles. The molecule has 7 nitrogen and oxygen atoms in total. The maximum absolute atomic E-state index is 10.9. The summed E-state index contributed by atoms with van der Waals surface area (Å²) in [4.78, 5) is 20.9. The SMILES string of the molecule is CC(C)(Nc1ccc([N+](=O)[O-])c(C#N)c1)C(=O)O. The van der Waals surface area contributed by atoms with Crippen LogP contribution in [0.5, 0.6) is 0 Å². The molecule has 0 atom stereocenters. The Hall–Kier alpha value is -2.62. The highest BCUT2D eigenvalue weighted by Crippen LogP contribution is 2.24. The minimum Gasteiger partial charge on any atom is -0.480 e. The van der Waals surface area contributed by atoms with Crippen molar-refractivity contribution in [1.82, 2.24) is 0 Å². The number of hydrogen-bond acceptors (Lipinski definition) is 5. The summed E-state index contributed by atoms with van der Waals surface area (Å²) >= 11 is 0. The molecule has 1 aromatic carbocycles. The Morgan fingerprint density at radius 1 is 1.56 bits per heavy atom. The number of carboxylic acids is 1. The lowest BCUT2D eigenvalue weighted by atomic mass is 10.0. The lowest BCUT2D eigenvalue weighted by Gasteiger charge is -2.22. The van der Waals surface area contributed by atoms with E-state index >= 15 is 0 Å². The second kappa shape index (κ2) is 4.71. The van der Waals surface area contributed by atoms with Crippen molar-refractivity contribution >= 4 is 17.3 Å². The fourth-order valence-electron chi connectivity index (χ4n) is 1.28. The lowest BCUT2D eigenvalue weighted by molar-refractivity contribution is -0.385. The van der Waals surface area contributed by atoms with Crippen LogP contribution in [0.25, 0.3) is 0 Å². The van der Waals surface area contributed by atoms with Crippen molar-refractivity contribution in [2.24, 2.45) is 0 Å². The first-order valence-corrected chi connectivity index (χ1v) is 4.98. The highest BCUT2D eigenvalue weighted by atomic mass is 16.6. The lowest BCUT2D eigenvalue weighted by Crippen LogP contribution is -2.39. The Morgan fingerprint density at radius 3 is 2.61 bits per heavy atom. The second-order valence-electron chi connectivity index (χ2n) is 4.16. The summed E-state index contributed by atoms with van der Waals surface area (Å²) in [7, 11) is 0. The molecule has 0 spiro atoms. The number of nitro groups is 1. The Bertz CT molecular complexity index is 546. The van der Waals surface area contributed by atoms with Gasteiger partial charge in [0.25, 0.3) is 5.69 Å². The molecule has 0 radical (unpaired) electrons. The molecule has 0 saturated carbocycles. The Morgan fingerprint density at radius 2 is 2.17 bits per heavy atom. The fourth-order valence-corrected chi connectivity index (χ4v) is 1.28. The summed E-state index contributed by atoms with van der Waals surface area (Å²) in [5.74, 6) is -1.07. The number of hydrogen-bond donors (Lipinski definition) is 2. The van der Waals surface area contributed by atoms with Crippen LogP contribution < -0.4 is 5.32 Å². The van der Waals surface area contributed by atoms with E-state index in [2.05, 4.69) is 5.32 Å². The van der Waals surface area contributed by atoms with E-state index in [9.17, 15) is 14.9 Å². The highest BCUT2D eigenvalue weighted by Gasteiger charge is 2.27. The van der Waals surface area contributed by atoms with Gasteiger partial charge in [-0.05, 0) is 26.0 Å². The minimum absolute atomic E-state index is 0.119. The molecule has 0 fully saturated rings. The molecule has 1 rings (SSSR count). The number of anilines is 1. The molecule has 0 bridgehead atoms. The minimum atomic E-state index is -1.23. The average Bonchev–Trinajstić information content (AvgIpc) is 2.27. The van der Waals surface area contributed by atoms with E-state index in [1.54, 1.807) is 6.07 Å². The van der Waals surface area contributed by atoms with Gasteiger partial charge in [0.05, 0.1) is 4.92 Å². The van der Waals surface area contributed by atoms with Gasteiger partial charge in [-0.15, -0.1) is 0 Å². The molecule has 0 aliphatic carbocycles. The molecule has 0 saturated heterocycles. The van der Waals surface area contributed by atoms with Gasteiger partial charge in [-0.25, -0.2) is 4.79 Å². The number of nitrogens with one attached hydrogen (secondary N) is 1. The molecule has 0 heterocycles. The van der Waals surface area contributed by atoms with Crippen molar-refractivity contribution in [3.05, 3.63) is 33.9 Å². The number of benzene rings is 1. The van der Waals surface area contributed by atoms with Crippen molar-refractivity contribution in [3.63, 3.8) is 0 Å². The molecule has 18 heavy (non-hydrogen) atoms. The third-order valence-electron chi connectivity index (χ3n) is 2.31. The van der Waals surface area contributed by atoms with Crippen LogP contribution in [0.3, 0.4) is 0 Å². The zero-order valence-corrected chi connectivity index (χ0v) is 9.80. The highest BCUT2D eigenvalue weighted by molar-refractivity contribution is 5.81. The molecule has 0 aliphatic heterocycles. The predicted octanol–water partition coefficient (Wildman–Crippen LogP) is 1.74. The van der Waals surface area contributed by atoms with Crippen LogP contribution in [-0.2, 0) is 4.79 Å². The van der Waals surface area contributed by atoms with Crippen molar-refractivity contribution in [2.75, 3.05) is 5.32 Å². The number of carbonyl (C=O) groups is 1. The number of nitriles is 1. The van der Waals surface area contributed by atoms with E-state index in [1.165, 1.54) is 32.0 Å². The molecular formula is C11H11N3O4. The van der Waals surface area contributed by atoms with E-state index in [-0.39, 0.29) is 11.3 Å². The predicted molar refractivity (Wildman–Crippen MR) is 63.1 cm³/mol. The van der Waals surface area contributed by atoms with Crippen LogP contribution in [-0.4, -0.2) is 21.5 Å². The van der Waals surface area contributed by atoms with Gasteiger partial charge in [-0.2, -0.15) is 5.26 Å². The smallest absolute Gasteiger partial charge is 0.328 e. The second-order valence-corrected chi connectivity index (χ2v) is 4.16. The van der Waals surface area contributed by atoms with Crippen LogP contribution in [0.4, 0.5) is 11.4 Å². The third kappa shape index (κ3) is 2.74. The molecule has 1 aromatic rings. The van der Waals surface area contributed by atoms with Gasteiger partial charge in [-0.3, -0.25) is 10.1 Å². The number of aliphatic carboxylic acids is 1. The van der Waals surface area contributed by atoms with Crippen LogP contribution in [0, 0.1) is 21.4 Å². The first-order chi connectivity index (χ1) is 8.27. The normalized spacial score (nSPS) is 10.5. The topological polar surface area (TPSA) is 116 Å². The summed E-state index contributed by atoms with van der Waals surface area (Å²) in [6.07, 6.45) is 0. The molecule has 7 heteroatoms. The van der Waals surface area contributed by atoms with Crippen molar-refractivity contribution < 1.29 is 14.8 Å². The molecule has 0 aliphatic rings. The van der Waals surface area contributed by atoms with Crippen molar-refractivity contribution in [3.8, 4) is 6.07 Å². The summed E-state index contributed by atoms with van der Waals surface area (Å²) in [5.41, 5.74) is -1.32. The van der Waals surface area contributed by atoms with Gasteiger partial charge in [-0.1, -0.05) is 0 Å². The maximum atomic E-state index is 10.9. The van der Waals surface area contributed by atoms with E-state index in [0.29, 0.717) is 5.69 Å². The van der Waals surface area contributed by atoms with Gasteiger partial charge in [0.2, 0.25) is 0 Å². The fraction of sp³-hybridized carbons (Fsp3) is 0.273. The zero-order valence-electron chi connectivity index (χ0n) is 9.80. The van der Waals surface area contributed by atoms with Gasteiger partial charge in [0.15, 0.2) is 0 Å². The summed E-state index contributed by atoms with van der Waals surface area (Å²) in [5, 5.41) is 31.0. The molecule has 0 amide bonds. The van der Waals surface area contributed by atoms with Crippen LogP contribution >= 0.6 is 0 Å². The van der Waals surface area contributed by atoms with Gasteiger partial charge in [0.1, 0.15) is 17.2 Å². The van der Waals surface area contributed by atoms with Crippen LogP contribution in [0.2, 0.25) is 0 Å². The van der Waals surface area contributed by atoms with Gasteiger partial charge < -0.3 is 10.4 Å². The number of nitrogens with zero attached hydrogens (tertiary/aromatic N) is 2. The number of nitro benzene ring substituents is 1. The van der Waals surface area contributed by atoms with Crippen molar-refractivity contribution in [2.45, 2.75) is 19.4 Å². The summed E-state index contributed by atoms with van der Waals surface area (Å²) < 4.78 is 0. The first-order valence-electron chi connectivity index (χ1n) is 4.98. The van der Waals surface area contributed by atoms with Gasteiger partial charge in [0, 0.05) is 11.8 Å². The summed E-state index contributed by atoms with van der Waals surface area (Å²) in [6, 6.07) is 5.49. The van der Waals surface area contributed by atoms with Crippen LogP contribution in [0.1, 0.15) is 19.4 Å². The maximum Gasteiger partial charge on any atom is 0.328 e. The first kappa shape index (κ1) is 13.4. The van der Waals surface area contributed by atoms with E-state index < -0.39 is 16.4 Å². The van der Waals surface area contributed by atoms with Crippen molar-refractivity contribution in [1.29, 1.82) is 5.26 Å². The largest absolute Gasteiger partial charge is 0.480 e. The monoisotopic (exact) mass is 249 g/mol. The summed E-state index contributed by atoms with van der Waals surface area (Å²) in [6.45, 7) is 2.89. The zero-order chi connectivity index (χ0) is 13.9. The van der Waals surface area contributed by atoms with Crippen LogP contribution in [0.15, 0.2) is 18.2 Å². The van der Waals surface area contributed by atoms with E-state index in [1.807, 2.05) is 0 Å². The Labute approximate surface area is 103 Å². The number of carboxylic acid groups (broad SMARTS) is 1. The standard InChI is InChI=1S/C11H11N3O4/c1-11(2,10(15)16)13-8-3-4-9(14(17)18)7(5-8)6-12/h3-5,13H,1-2H3,(H,15,16). The Balaban J connectivity index is 3.12. The molecule has 0 unspecified atom stereocenters. The Kier molecular flexibility index (Phi) is 3.52. The third-order valence-corrected chi connectivity index (χ3v) is 2.31. The molecular weight excluding hydrogens is 238 g/mol. The quantitative estimate of drug-likeness (QED) is 0.620. The number of rotatable bonds is 4. The molecule has 94 valence electrons. The van der Waals surface area contributed by atoms with E-state index in [4.69, 9.17) is 10.4 Å². The average molecular weight is 249 g/mol. The van der Waals surface area contributed by atoms with E-state index in [0.717, 1.165) is 0 Å².